The standard InChI is InChI=1S/C18H21N5O4/c1-22-7-2-3-13(22)17-21-20-15-5-4-11(9-23(15)17)18(26)19-12-6-8-27-14(10-24)16(12)25/h2-5,7,9,12,14,16,24-25H,6,8,10H2,1H3,(H,19,26)/t12-,14+,16-/m0/s1. The van der Waals surface area contributed by atoms with Gasteiger partial charge in [0.15, 0.2) is 11.5 Å². The smallest absolute Gasteiger partial charge is 0.253 e. The van der Waals surface area contributed by atoms with Crippen LogP contribution in [0.3, 0.4) is 0 Å². The molecule has 3 aromatic rings. The number of hydrogen-bond donors (Lipinski definition) is 3. The molecule has 3 aromatic heterocycles. The van der Waals surface area contributed by atoms with Crippen molar-refractivity contribution in [2.45, 2.75) is 24.7 Å². The monoisotopic (exact) mass is 371 g/mol. The van der Waals surface area contributed by atoms with Crippen molar-refractivity contribution in [1.82, 2.24) is 24.5 Å². The first-order valence-electron chi connectivity index (χ1n) is 8.76. The number of ether oxygens (including phenoxy) is 1. The molecule has 0 bridgehead atoms. The highest BCUT2D eigenvalue weighted by Gasteiger charge is 2.33. The van der Waals surface area contributed by atoms with Gasteiger partial charge in [-0.25, -0.2) is 0 Å². The molecule has 1 fully saturated rings. The number of aliphatic hydroxyl groups is 2. The number of hydrogen-bond acceptors (Lipinski definition) is 6. The predicted octanol–water partition coefficient (Wildman–Crippen LogP) is -0.0247. The number of aryl methyl sites for hydroxylation is 1. The lowest BCUT2D eigenvalue weighted by molar-refractivity contribution is -0.107. The molecule has 9 heteroatoms. The summed E-state index contributed by atoms with van der Waals surface area (Å²) < 4.78 is 8.99. The van der Waals surface area contributed by atoms with Crippen LogP contribution in [0.4, 0.5) is 0 Å². The van der Waals surface area contributed by atoms with E-state index in [0.29, 0.717) is 30.1 Å². The van der Waals surface area contributed by atoms with E-state index in [1.54, 1.807) is 22.7 Å². The van der Waals surface area contributed by atoms with E-state index in [-0.39, 0.29) is 12.5 Å². The molecule has 0 saturated carbocycles. The Balaban J connectivity index is 1.60. The van der Waals surface area contributed by atoms with Crippen LogP contribution in [0, 0.1) is 0 Å². The van der Waals surface area contributed by atoms with Crippen molar-refractivity contribution in [2.75, 3.05) is 13.2 Å². The number of carbonyl (C=O) groups is 1. The zero-order chi connectivity index (χ0) is 19.0. The number of fused-ring (bicyclic) bond motifs is 1. The molecule has 0 radical (unpaired) electrons. The first-order chi connectivity index (χ1) is 13.1. The Hall–Kier alpha value is -2.75. The van der Waals surface area contributed by atoms with Crippen molar-refractivity contribution >= 4 is 11.6 Å². The summed E-state index contributed by atoms with van der Waals surface area (Å²) in [4.78, 5) is 12.7. The second-order valence-corrected chi connectivity index (χ2v) is 6.62. The van der Waals surface area contributed by atoms with E-state index in [9.17, 15) is 15.0 Å². The molecule has 4 heterocycles. The van der Waals surface area contributed by atoms with Crippen LogP contribution in [0.15, 0.2) is 36.7 Å². The van der Waals surface area contributed by atoms with Crippen LogP contribution < -0.4 is 5.32 Å². The van der Waals surface area contributed by atoms with Gasteiger partial charge in [-0.1, -0.05) is 0 Å². The second kappa shape index (κ2) is 7.10. The lowest BCUT2D eigenvalue weighted by Gasteiger charge is -2.34. The molecule has 27 heavy (non-hydrogen) atoms. The van der Waals surface area contributed by atoms with Gasteiger partial charge in [0.25, 0.3) is 5.91 Å². The molecule has 3 N–H and O–H groups in total. The molecule has 1 amide bonds. The summed E-state index contributed by atoms with van der Waals surface area (Å²) in [5.41, 5.74) is 1.94. The fourth-order valence-electron chi connectivity index (χ4n) is 3.34. The molecule has 142 valence electrons. The summed E-state index contributed by atoms with van der Waals surface area (Å²) in [5, 5.41) is 30.7. The second-order valence-electron chi connectivity index (χ2n) is 6.62. The fourth-order valence-corrected chi connectivity index (χ4v) is 3.34. The summed E-state index contributed by atoms with van der Waals surface area (Å²) in [5.74, 6) is 0.324. The number of carbonyl (C=O) groups excluding carboxylic acids is 1. The Bertz CT molecular complexity index is 966. The molecule has 3 atom stereocenters. The molecule has 1 aliphatic rings. The van der Waals surface area contributed by atoms with Crippen molar-refractivity contribution in [3.63, 3.8) is 0 Å². The van der Waals surface area contributed by atoms with Crippen LogP contribution >= 0.6 is 0 Å². The summed E-state index contributed by atoms with van der Waals surface area (Å²) in [6, 6.07) is 6.76. The van der Waals surface area contributed by atoms with Gasteiger partial charge in [0, 0.05) is 26.0 Å². The average molecular weight is 371 g/mol. The molecule has 9 nitrogen and oxygen atoms in total. The first kappa shape index (κ1) is 17.7. The van der Waals surface area contributed by atoms with Crippen LogP contribution in [0.25, 0.3) is 17.2 Å². The number of amides is 1. The minimum atomic E-state index is -0.953. The van der Waals surface area contributed by atoms with Gasteiger partial charge in [0.05, 0.1) is 23.9 Å². The fraction of sp³-hybridized carbons (Fsp3) is 0.389. The zero-order valence-electron chi connectivity index (χ0n) is 14.8. The Kier molecular flexibility index (Phi) is 4.65. The number of pyridine rings is 1. The quantitative estimate of drug-likeness (QED) is 0.594. The van der Waals surface area contributed by atoms with Gasteiger partial charge in [-0.3, -0.25) is 9.20 Å². The minimum Gasteiger partial charge on any atom is -0.394 e. The predicted molar refractivity (Wildman–Crippen MR) is 96.1 cm³/mol. The van der Waals surface area contributed by atoms with Crippen LogP contribution in [-0.2, 0) is 11.8 Å². The highest BCUT2D eigenvalue weighted by Crippen LogP contribution is 2.20. The maximum atomic E-state index is 12.7. The Morgan fingerprint density at radius 2 is 2.22 bits per heavy atom. The Morgan fingerprint density at radius 1 is 1.37 bits per heavy atom. The molecule has 1 saturated heterocycles. The van der Waals surface area contributed by atoms with Crippen molar-refractivity contribution in [2.24, 2.45) is 7.05 Å². The number of rotatable bonds is 4. The zero-order valence-corrected chi connectivity index (χ0v) is 14.8. The third-order valence-corrected chi connectivity index (χ3v) is 4.89. The van der Waals surface area contributed by atoms with Crippen LogP contribution in [0.2, 0.25) is 0 Å². The van der Waals surface area contributed by atoms with Gasteiger partial charge in [0.1, 0.15) is 12.2 Å². The van der Waals surface area contributed by atoms with E-state index in [2.05, 4.69) is 15.5 Å². The first-order valence-corrected chi connectivity index (χ1v) is 8.76. The molecule has 0 aromatic carbocycles. The summed E-state index contributed by atoms with van der Waals surface area (Å²) >= 11 is 0. The van der Waals surface area contributed by atoms with Gasteiger partial charge in [0.2, 0.25) is 0 Å². The van der Waals surface area contributed by atoms with Crippen molar-refractivity contribution in [3.05, 3.63) is 42.2 Å². The van der Waals surface area contributed by atoms with Crippen molar-refractivity contribution < 1.29 is 19.7 Å². The lowest BCUT2D eigenvalue weighted by atomic mass is 9.99. The Labute approximate surface area is 155 Å². The highest BCUT2D eigenvalue weighted by atomic mass is 16.5. The molecule has 0 unspecified atom stereocenters. The summed E-state index contributed by atoms with van der Waals surface area (Å²) in [7, 11) is 1.91. The van der Waals surface area contributed by atoms with Crippen molar-refractivity contribution in [3.8, 4) is 11.5 Å². The van der Waals surface area contributed by atoms with Gasteiger partial charge in [-0.05, 0) is 30.7 Å². The van der Waals surface area contributed by atoms with Crippen LogP contribution in [0.1, 0.15) is 16.8 Å². The largest absolute Gasteiger partial charge is 0.394 e. The topological polar surface area (TPSA) is 114 Å². The SMILES string of the molecule is Cn1cccc1-c1nnc2ccc(C(=O)N[C@H]3CCO[C@H](CO)[C@H]3O)cn12. The lowest BCUT2D eigenvalue weighted by Crippen LogP contribution is -2.54. The molecule has 0 aliphatic carbocycles. The maximum absolute atomic E-state index is 12.7. The molecule has 4 rings (SSSR count). The van der Waals surface area contributed by atoms with E-state index >= 15 is 0 Å². The average Bonchev–Trinajstić information content (AvgIpc) is 3.28. The number of nitrogens with one attached hydrogen (secondary N) is 1. The van der Waals surface area contributed by atoms with E-state index in [0.717, 1.165) is 5.69 Å². The van der Waals surface area contributed by atoms with Gasteiger partial charge in [-0.15, -0.1) is 10.2 Å². The van der Waals surface area contributed by atoms with Crippen LogP contribution in [0.5, 0.6) is 0 Å². The number of nitrogens with zero attached hydrogens (tertiary/aromatic N) is 4. The molecule has 1 aliphatic heterocycles. The number of aliphatic hydroxyl groups excluding tert-OH is 2. The summed E-state index contributed by atoms with van der Waals surface area (Å²) in [6.45, 7) is 0.0789. The molecular formula is C18H21N5O4. The summed E-state index contributed by atoms with van der Waals surface area (Å²) in [6.07, 6.45) is 2.44. The van der Waals surface area contributed by atoms with E-state index < -0.39 is 18.2 Å². The molecular weight excluding hydrogens is 350 g/mol. The molecule has 0 spiro atoms. The third kappa shape index (κ3) is 3.20. The number of aromatic nitrogens is 4. The van der Waals surface area contributed by atoms with Gasteiger partial charge in [-0.2, -0.15) is 0 Å². The van der Waals surface area contributed by atoms with Crippen LogP contribution in [-0.4, -0.2) is 66.7 Å². The van der Waals surface area contributed by atoms with E-state index in [4.69, 9.17) is 4.74 Å². The normalized spacial score (nSPS) is 22.9. The van der Waals surface area contributed by atoms with E-state index in [1.807, 2.05) is 29.9 Å². The third-order valence-electron chi connectivity index (χ3n) is 4.89. The van der Waals surface area contributed by atoms with Gasteiger partial charge < -0.3 is 24.8 Å². The highest BCUT2D eigenvalue weighted by molar-refractivity contribution is 5.94. The van der Waals surface area contributed by atoms with E-state index in [1.165, 1.54) is 0 Å². The van der Waals surface area contributed by atoms with Gasteiger partial charge >= 0.3 is 0 Å². The maximum Gasteiger partial charge on any atom is 0.253 e. The minimum absolute atomic E-state index is 0.291. The Morgan fingerprint density at radius 3 is 2.96 bits per heavy atom. The van der Waals surface area contributed by atoms with Crippen molar-refractivity contribution in [1.29, 1.82) is 0 Å².